The van der Waals surface area contributed by atoms with E-state index in [1.165, 1.54) is 0 Å². The molecular weight excluding hydrogens is 203 g/mol. The van der Waals surface area contributed by atoms with E-state index in [0.717, 1.165) is 25.7 Å². The van der Waals surface area contributed by atoms with Crippen LogP contribution in [0.5, 0.6) is 0 Å². The van der Waals surface area contributed by atoms with Crippen LogP contribution in [0, 0.1) is 11.3 Å². The molecule has 0 spiro atoms. The third-order valence-corrected chi connectivity index (χ3v) is 2.78. The van der Waals surface area contributed by atoms with Crippen molar-refractivity contribution in [1.29, 1.82) is 5.26 Å². The average Bonchev–Trinajstić information content (AvgIpc) is 2.36. The van der Waals surface area contributed by atoms with Crippen molar-refractivity contribution in [2.24, 2.45) is 4.36 Å². The summed E-state index contributed by atoms with van der Waals surface area (Å²) in [5.74, 6) is 0. The van der Waals surface area contributed by atoms with Crippen molar-refractivity contribution in [3.05, 3.63) is 0 Å². The standard InChI is InChI=1S/C6H8Cl2N2S/c7-11(8)10-6(5-9)3-1-2-4-6/h1-4H2. The summed E-state index contributed by atoms with van der Waals surface area (Å²) in [6, 6.07) is 2.18. The zero-order valence-corrected chi connectivity index (χ0v) is 8.22. The zero-order valence-electron chi connectivity index (χ0n) is 5.89. The van der Waals surface area contributed by atoms with Crippen molar-refractivity contribution >= 4 is 30.5 Å². The Bertz CT molecular complexity index is 211. The number of rotatable bonds is 1. The quantitative estimate of drug-likeness (QED) is 0.656. The average molecular weight is 211 g/mol. The highest BCUT2D eigenvalue weighted by atomic mass is 36.0. The molecular formula is C6H8Cl2N2S. The summed E-state index contributed by atoms with van der Waals surface area (Å²) in [4.78, 5) is 0. The molecule has 0 radical (unpaired) electrons. The number of halogens is 2. The second kappa shape index (κ2) is 3.75. The third-order valence-electron chi connectivity index (χ3n) is 1.88. The van der Waals surface area contributed by atoms with Gasteiger partial charge in [-0.15, -0.1) is 0 Å². The molecule has 0 N–H and O–H groups in total. The molecule has 0 atom stereocenters. The second-order valence-electron chi connectivity index (χ2n) is 2.64. The lowest BCUT2D eigenvalue weighted by atomic mass is 10.0. The number of hydrogen-bond donors (Lipinski definition) is 0. The first kappa shape index (κ1) is 9.31. The normalized spacial score (nSPS) is 21.6. The molecule has 0 aromatic carbocycles. The number of hydrogen-bond acceptors (Lipinski definition) is 2. The molecule has 1 fully saturated rings. The minimum atomic E-state index is -0.998. The van der Waals surface area contributed by atoms with E-state index >= 15 is 0 Å². The molecule has 0 amide bonds. The molecule has 1 aliphatic rings. The molecule has 0 heterocycles. The summed E-state index contributed by atoms with van der Waals surface area (Å²) < 4.78 is 4.02. The minimum absolute atomic E-state index is 0.563. The zero-order chi connectivity index (χ0) is 8.32. The van der Waals surface area contributed by atoms with Crippen LogP contribution in [0.1, 0.15) is 25.7 Å². The SMILES string of the molecule is N#CC1(N=S(Cl)Cl)CCCC1. The van der Waals surface area contributed by atoms with Gasteiger partial charge in [-0.1, -0.05) is 0 Å². The van der Waals surface area contributed by atoms with Gasteiger partial charge in [-0.2, -0.15) is 5.26 Å². The summed E-state index contributed by atoms with van der Waals surface area (Å²) >= 11 is 0. The highest BCUT2D eigenvalue weighted by molar-refractivity contribution is 8.28. The van der Waals surface area contributed by atoms with Crippen LogP contribution in [-0.4, -0.2) is 5.54 Å². The van der Waals surface area contributed by atoms with Gasteiger partial charge in [0, 0.05) is 0 Å². The van der Waals surface area contributed by atoms with Crippen molar-refractivity contribution in [2.75, 3.05) is 0 Å². The molecule has 2 nitrogen and oxygen atoms in total. The molecule has 1 saturated carbocycles. The van der Waals surface area contributed by atoms with E-state index in [0.29, 0.717) is 0 Å². The molecule has 11 heavy (non-hydrogen) atoms. The third kappa shape index (κ3) is 2.33. The van der Waals surface area contributed by atoms with Gasteiger partial charge in [0.1, 0.15) is 0 Å². The fourth-order valence-corrected chi connectivity index (χ4v) is 2.60. The van der Waals surface area contributed by atoms with Gasteiger partial charge in [0.05, 0.1) is 15.2 Å². The van der Waals surface area contributed by atoms with Gasteiger partial charge in [0.25, 0.3) is 0 Å². The Balaban J connectivity index is 2.78. The molecule has 1 rings (SSSR count). The van der Waals surface area contributed by atoms with Crippen molar-refractivity contribution < 1.29 is 0 Å². The Morgan fingerprint density at radius 3 is 2.27 bits per heavy atom. The van der Waals surface area contributed by atoms with Gasteiger partial charge < -0.3 is 0 Å². The van der Waals surface area contributed by atoms with E-state index in [-0.39, 0.29) is 0 Å². The maximum atomic E-state index is 8.81. The van der Waals surface area contributed by atoms with Crippen molar-refractivity contribution in [3.8, 4) is 6.07 Å². The first-order valence-corrected chi connectivity index (χ1v) is 6.23. The Hall–Kier alpha value is 0.220. The maximum absolute atomic E-state index is 8.81. The molecule has 62 valence electrons. The van der Waals surface area contributed by atoms with E-state index in [9.17, 15) is 0 Å². The Morgan fingerprint density at radius 1 is 1.36 bits per heavy atom. The van der Waals surface area contributed by atoms with E-state index in [1.807, 2.05) is 0 Å². The molecule has 0 unspecified atom stereocenters. The Morgan fingerprint density at radius 2 is 1.91 bits per heavy atom. The van der Waals surface area contributed by atoms with E-state index in [1.54, 1.807) is 0 Å². The molecule has 5 heteroatoms. The minimum Gasteiger partial charge on any atom is -0.213 e. The van der Waals surface area contributed by atoms with Crippen LogP contribution in [-0.2, 0) is 9.12 Å². The van der Waals surface area contributed by atoms with Crippen molar-refractivity contribution in [1.82, 2.24) is 0 Å². The highest BCUT2D eigenvalue weighted by Gasteiger charge is 2.33. The predicted octanol–water partition coefficient (Wildman–Crippen LogP) is 2.93. The number of nitriles is 1. The van der Waals surface area contributed by atoms with Crippen LogP contribution in [0.3, 0.4) is 0 Å². The van der Waals surface area contributed by atoms with Crippen LogP contribution in [0.15, 0.2) is 4.36 Å². The first-order chi connectivity index (χ1) is 5.18. The molecule has 0 saturated heterocycles. The van der Waals surface area contributed by atoms with Crippen molar-refractivity contribution in [3.63, 3.8) is 0 Å². The summed E-state index contributed by atoms with van der Waals surface area (Å²) in [6.07, 6.45) is 3.74. The van der Waals surface area contributed by atoms with Crippen LogP contribution in [0.25, 0.3) is 0 Å². The molecule has 0 aliphatic heterocycles. The van der Waals surface area contributed by atoms with Crippen LogP contribution >= 0.6 is 21.4 Å². The topological polar surface area (TPSA) is 36.1 Å². The second-order valence-corrected chi connectivity index (χ2v) is 5.44. The molecule has 0 aromatic heterocycles. The van der Waals surface area contributed by atoms with Crippen molar-refractivity contribution in [2.45, 2.75) is 31.2 Å². The highest BCUT2D eigenvalue weighted by Crippen LogP contribution is 2.34. The molecule has 1 aliphatic carbocycles. The largest absolute Gasteiger partial charge is 0.213 e. The van der Waals surface area contributed by atoms with E-state index in [4.69, 9.17) is 26.6 Å². The summed E-state index contributed by atoms with van der Waals surface area (Å²) in [6.45, 7) is 0. The van der Waals surface area contributed by atoms with Gasteiger partial charge in [0.15, 0.2) is 5.54 Å². The number of nitrogens with zero attached hydrogens (tertiary/aromatic N) is 2. The van der Waals surface area contributed by atoms with Gasteiger partial charge in [-0.3, -0.25) is 0 Å². The first-order valence-electron chi connectivity index (χ1n) is 3.40. The lowest BCUT2D eigenvalue weighted by Crippen LogP contribution is -2.18. The smallest absolute Gasteiger partial charge is 0.156 e. The van der Waals surface area contributed by atoms with Crippen LogP contribution < -0.4 is 0 Å². The van der Waals surface area contributed by atoms with Gasteiger partial charge in [0.2, 0.25) is 0 Å². The summed E-state index contributed by atoms with van der Waals surface area (Å²) in [5, 5.41) is 8.81. The predicted molar refractivity (Wildman–Crippen MR) is 48.3 cm³/mol. The molecule has 0 bridgehead atoms. The Labute approximate surface area is 77.6 Å². The van der Waals surface area contributed by atoms with Gasteiger partial charge in [-0.25, -0.2) is 4.36 Å². The fraction of sp³-hybridized carbons (Fsp3) is 0.833. The molecule has 0 aromatic rings. The van der Waals surface area contributed by atoms with Gasteiger partial charge in [-0.05, 0) is 47.0 Å². The van der Waals surface area contributed by atoms with Crippen LogP contribution in [0.4, 0.5) is 0 Å². The Kier molecular flexibility index (Phi) is 3.17. The lowest BCUT2D eigenvalue weighted by molar-refractivity contribution is 0.577. The summed E-state index contributed by atoms with van der Waals surface area (Å²) in [5.41, 5.74) is -0.563. The fourth-order valence-electron chi connectivity index (χ4n) is 1.32. The van der Waals surface area contributed by atoms with E-state index < -0.39 is 14.7 Å². The van der Waals surface area contributed by atoms with E-state index in [2.05, 4.69) is 10.4 Å². The lowest BCUT2D eigenvalue weighted by Gasteiger charge is -2.12. The monoisotopic (exact) mass is 210 g/mol. The van der Waals surface area contributed by atoms with Crippen LogP contribution in [0.2, 0.25) is 0 Å². The maximum Gasteiger partial charge on any atom is 0.156 e. The summed E-state index contributed by atoms with van der Waals surface area (Å²) in [7, 11) is 10.0. The van der Waals surface area contributed by atoms with Gasteiger partial charge >= 0.3 is 0 Å².